The second-order valence-corrected chi connectivity index (χ2v) is 22.4. The van der Waals surface area contributed by atoms with Gasteiger partial charge in [0, 0.05) is 0 Å². The Morgan fingerprint density at radius 1 is 0.167 bits per heavy atom. The maximum atomic E-state index is 2.31. The lowest BCUT2D eigenvalue weighted by molar-refractivity contribution is 0.507. The molecule has 390 valence electrons. The molecule has 0 saturated heterocycles. The highest BCUT2D eigenvalue weighted by Crippen LogP contribution is 2.20. The van der Waals surface area contributed by atoms with Crippen molar-refractivity contribution in [3.63, 3.8) is 0 Å². The first kappa shape index (κ1) is 63.2. The zero-order valence-corrected chi connectivity index (χ0v) is 46.1. The van der Waals surface area contributed by atoms with Gasteiger partial charge in [0.05, 0.1) is 0 Å². The fraction of sp³-hybridized carbons (Fsp3) is 0.909. The molecular weight excluding hydrogens is 793 g/mol. The molecule has 0 atom stereocenters. The van der Waals surface area contributed by atoms with E-state index in [1.807, 2.05) is 0 Å². The second-order valence-electron chi connectivity index (χ2n) is 22.4. The zero-order valence-electron chi connectivity index (χ0n) is 46.1. The average Bonchev–Trinajstić information content (AvgIpc) is 3.34. The maximum absolute atomic E-state index is 2.31. The molecule has 0 saturated carbocycles. The third kappa shape index (κ3) is 54.2. The first-order valence-electron chi connectivity index (χ1n) is 32.0. The van der Waals surface area contributed by atoms with Gasteiger partial charge in [-0.15, -0.1) is 0 Å². The van der Waals surface area contributed by atoms with Gasteiger partial charge in [-0.25, -0.2) is 0 Å². The molecule has 0 heterocycles. The number of unbranched alkanes of at least 4 members (excludes halogenated alkanes) is 57. The van der Waals surface area contributed by atoms with Crippen LogP contribution in [0.2, 0.25) is 0 Å². The van der Waals surface area contributed by atoms with Crippen LogP contribution >= 0.6 is 0 Å². The largest absolute Gasteiger partial charge is 0.0654 e. The fourth-order valence-electron chi connectivity index (χ4n) is 10.9. The van der Waals surface area contributed by atoms with E-state index in [4.69, 9.17) is 0 Å². The molecule has 0 N–H and O–H groups in total. The van der Waals surface area contributed by atoms with Gasteiger partial charge in [-0.1, -0.05) is 403 Å². The topological polar surface area (TPSA) is 0 Å². The van der Waals surface area contributed by atoms with Gasteiger partial charge in [0.2, 0.25) is 0 Å². The lowest BCUT2D eigenvalue weighted by atomic mass is 10.0. The molecule has 0 radical (unpaired) electrons. The summed E-state index contributed by atoms with van der Waals surface area (Å²) in [7, 11) is 0. The number of hydrogen-bond acceptors (Lipinski definition) is 0. The summed E-state index contributed by atoms with van der Waals surface area (Å²) in [4.78, 5) is 0. The number of aryl methyl sites for hydroxylation is 1. The summed E-state index contributed by atoms with van der Waals surface area (Å²) in [6.07, 6.45) is 87.3. The van der Waals surface area contributed by atoms with Gasteiger partial charge in [-0.2, -0.15) is 0 Å². The minimum Gasteiger partial charge on any atom is -0.0654 e. The highest BCUT2D eigenvalue weighted by molar-refractivity contribution is 5.14. The van der Waals surface area contributed by atoms with Crippen LogP contribution in [0.1, 0.15) is 385 Å². The van der Waals surface area contributed by atoms with E-state index in [1.54, 1.807) is 0 Å². The first-order valence-corrected chi connectivity index (χ1v) is 32.0. The molecule has 0 aliphatic rings. The fourth-order valence-corrected chi connectivity index (χ4v) is 10.9. The van der Waals surface area contributed by atoms with Crippen molar-refractivity contribution in [1.82, 2.24) is 0 Å². The van der Waals surface area contributed by atoms with E-state index in [0.717, 1.165) is 0 Å². The number of hydrogen-bond donors (Lipinski definition) is 0. The van der Waals surface area contributed by atoms with E-state index < -0.39 is 0 Å². The van der Waals surface area contributed by atoms with Crippen LogP contribution < -0.4 is 0 Å². The van der Waals surface area contributed by atoms with Crippen molar-refractivity contribution in [1.29, 1.82) is 0 Å². The van der Waals surface area contributed by atoms with E-state index in [2.05, 4.69) is 37.3 Å². The van der Waals surface area contributed by atoms with Crippen molar-refractivity contribution in [2.45, 2.75) is 386 Å². The summed E-state index contributed by atoms with van der Waals surface area (Å²) in [6.45, 7) is 2.31. The van der Waals surface area contributed by atoms with Gasteiger partial charge >= 0.3 is 0 Å². The average molecular weight is 920 g/mol. The molecule has 0 bridgehead atoms. The quantitative estimate of drug-likeness (QED) is 0.0571. The normalized spacial score (nSPS) is 11.7. The summed E-state index contributed by atoms with van der Waals surface area (Å²) in [6, 6.07) is 11.0. The molecule has 0 amide bonds. The second kappa shape index (κ2) is 58.5. The summed E-state index contributed by atoms with van der Waals surface area (Å²) in [5.41, 5.74) is 1.51. The van der Waals surface area contributed by atoms with Crippen LogP contribution in [-0.4, -0.2) is 0 Å². The third-order valence-corrected chi connectivity index (χ3v) is 15.7. The molecule has 0 fully saturated rings. The summed E-state index contributed by atoms with van der Waals surface area (Å²) in [5, 5.41) is 0. The van der Waals surface area contributed by atoms with E-state index in [9.17, 15) is 0 Å². The molecule has 1 rings (SSSR count). The van der Waals surface area contributed by atoms with Crippen molar-refractivity contribution in [3.8, 4) is 0 Å². The highest BCUT2D eigenvalue weighted by Gasteiger charge is 2.00. The van der Waals surface area contributed by atoms with Gasteiger partial charge in [0.1, 0.15) is 0 Å². The molecule has 0 nitrogen and oxygen atoms in total. The van der Waals surface area contributed by atoms with Gasteiger partial charge < -0.3 is 0 Å². The predicted molar refractivity (Wildman–Crippen MR) is 304 cm³/mol. The Bertz CT molecular complexity index is 948. The van der Waals surface area contributed by atoms with Crippen LogP contribution in [0.25, 0.3) is 0 Å². The van der Waals surface area contributed by atoms with E-state index >= 15 is 0 Å². The van der Waals surface area contributed by atoms with Crippen LogP contribution in [0, 0.1) is 0 Å². The zero-order chi connectivity index (χ0) is 46.8. The molecule has 0 unspecified atom stereocenters. The summed E-state index contributed by atoms with van der Waals surface area (Å²) < 4.78 is 0. The van der Waals surface area contributed by atoms with Crippen molar-refractivity contribution in [2.75, 3.05) is 0 Å². The standard InChI is InChI=1S/C66H126/c1-2-3-4-5-6-7-8-9-10-11-12-13-14-15-16-17-18-19-20-21-22-23-24-25-26-27-28-29-30-31-32-33-34-35-36-37-38-39-40-41-42-43-44-45-46-47-48-49-50-51-52-53-54-55-56-57-58-60-63-66-64-61-59-62-65-66/h59,61-62,64-65H,2-58,60,63H2,1H3. The van der Waals surface area contributed by atoms with Crippen molar-refractivity contribution >= 4 is 0 Å². The van der Waals surface area contributed by atoms with Gasteiger partial charge in [0.25, 0.3) is 0 Å². The SMILES string of the molecule is CCCCCCCCCCCCCCCCCCCCCCCCCCCCCCCCCCCCCCCCCCCCCCCCCCCCCCCCCCCCc1ccccc1. The Morgan fingerprint density at radius 2 is 0.303 bits per heavy atom. The van der Waals surface area contributed by atoms with Crippen LogP contribution in [0.3, 0.4) is 0 Å². The Morgan fingerprint density at radius 3 is 0.455 bits per heavy atom. The van der Waals surface area contributed by atoms with Crippen molar-refractivity contribution in [2.24, 2.45) is 0 Å². The Hall–Kier alpha value is -0.780. The molecule has 1 aromatic rings. The highest BCUT2D eigenvalue weighted by atomic mass is 14.1. The number of benzene rings is 1. The lowest BCUT2D eigenvalue weighted by Crippen LogP contribution is -1.86. The van der Waals surface area contributed by atoms with Crippen molar-refractivity contribution in [3.05, 3.63) is 35.9 Å². The third-order valence-electron chi connectivity index (χ3n) is 15.7. The Balaban J connectivity index is 1.59. The summed E-state index contributed by atoms with van der Waals surface area (Å²) >= 11 is 0. The van der Waals surface area contributed by atoms with Crippen LogP contribution in [-0.2, 0) is 6.42 Å². The lowest BCUT2D eigenvalue weighted by Gasteiger charge is -2.05. The molecule has 0 aromatic heterocycles. The molecule has 66 heavy (non-hydrogen) atoms. The van der Waals surface area contributed by atoms with E-state index in [-0.39, 0.29) is 0 Å². The monoisotopic (exact) mass is 919 g/mol. The van der Waals surface area contributed by atoms with Crippen LogP contribution in [0.15, 0.2) is 30.3 Å². The Kier molecular flexibility index (Phi) is 56.1. The molecular formula is C66H126. The molecule has 0 spiro atoms. The molecule has 0 aliphatic heterocycles. The first-order chi connectivity index (χ1) is 32.9. The van der Waals surface area contributed by atoms with Gasteiger partial charge in [-0.3, -0.25) is 0 Å². The van der Waals surface area contributed by atoms with E-state index in [1.165, 1.54) is 384 Å². The van der Waals surface area contributed by atoms with Crippen LogP contribution in [0.5, 0.6) is 0 Å². The predicted octanol–water partition coefficient (Wildman–Crippen LogP) is 24.9. The van der Waals surface area contributed by atoms with E-state index in [0.29, 0.717) is 0 Å². The smallest absolute Gasteiger partial charge is 0.0279 e. The maximum Gasteiger partial charge on any atom is -0.0279 e. The summed E-state index contributed by atoms with van der Waals surface area (Å²) in [5.74, 6) is 0. The minimum atomic E-state index is 1.26. The van der Waals surface area contributed by atoms with Gasteiger partial charge in [0.15, 0.2) is 0 Å². The molecule has 0 heteroatoms. The Labute approximate surface area is 419 Å². The molecule has 0 aliphatic carbocycles. The van der Waals surface area contributed by atoms with Crippen LogP contribution in [0.4, 0.5) is 0 Å². The molecule has 1 aromatic carbocycles. The van der Waals surface area contributed by atoms with Crippen molar-refractivity contribution < 1.29 is 0 Å². The number of rotatable bonds is 59. The van der Waals surface area contributed by atoms with Gasteiger partial charge in [-0.05, 0) is 18.4 Å². The minimum absolute atomic E-state index is 1.26.